The second kappa shape index (κ2) is 6.02. The van der Waals surface area contributed by atoms with Crippen molar-refractivity contribution in [1.29, 1.82) is 0 Å². The van der Waals surface area contributed by atoms with Gasteiger partial charge in [0.2, 0.25) is 0 Å². The van der Waals surface area contributed by atoms with Crippen LogP contribution >= 0.6 is 0 Å². The van der Waals surface area contributed by atoms with Crippen molar-refractivity contribution >= 4 is 17.5 Å². The Hall–Kier alpha value is -1.61. The van der Waals surface area contributed by atoms with E-state index in [-0.39, 0.29) is 17.3 Å². The Balaban J connectivity index is 1.63. The van der Waals surface area contributed by atoms with Crippen LogP contribution in [0, 0.1) is 5.92 Å². The number of ketones is 1. The lowest BCUT2D eigenvalue weighted by atomic mass is 9.82. The Morgan fingerprint density at radius 1 is 1.24 bits per heavy atom. The van der Waals surface area contributed by atoms with Gasteiger partial charge in [-0.25, -0.2) is 0 Å². The van der Waals surface area contributed by atoms with Gasteiger partial charge >= 0.3 is 0 Å². The van der Waals surface area contributed by atoms with Crippen molar-refractivity contribution < 1.29 is 9.53 Å². The van der Waals surface area contributed by atoms with E-state index >= 15 is 0 Å². The van der Waals surface area contributed by atoms with E-state index in [1.165, 1.54) is 12.8 Å². The molecule has 112 valence electrons. The van der Waals surface area contributed by atoms with E-state index in [2.05, 4.69) is 0 Å². The van der Waals surface area contributed by atoms with Gasteiger partial charge in [-0.1, -0.05) is 31.1 Å². The standard InChI is InChI=1S/C18H23NO2/c19-16-6-3-14(4-7-16)5-8-17(20)15-9-12-21-18(13-15)10-1-2-11-18/h3-8,15H,1-2,9-13,19H2/b8-5+. The molecule has 2 N–H and O–H groups in total. The zero-order valence-electron chi connectivity index (χ0n) is 12.4. The number of hydrogen-bond acceptors (Lipinski definition) is 3. The molecule has 1 spiro atoms. The number of rotatable bonds is 3. The first-order chi connectivity index (χ1) is 10.2. The molecule has 1 saturated heterocycles. The van der Waals surface area contributed by atoms with Crippen molar-refractivity contribution in [1.82, 2.24) is 0 Å². The number of hydrogen-bond donors (Lipinski definition) is 1. The molecule has 1 atom stereocenters. The monoisotopic (exact) mass is 285 g/mol. The fraction of sp³-hybridized carbons (Fsp3) is 0.500. The van der Waals surface area contributed by atoms with Gasteiger partial charge in [0.1, 0.15) is 0 Å². The number of nitrogen functional groups attached to an aromatic ring is 1. The van der Waals surface area contributed by atoms with E-state index < -0.39 is 0 Å². The first-order valence-electron chi connectivity index (χ1n) is 7.88. The molecule has 0 amide bonds. The van der Waals surface area contributed by atoms with Gasteiger partial charge in [-0.2, -0.15) is 0 Å². The van der Waals surface area contributed by atoms with E-state index in [0.29, 0.717) is 0 Å². The van der Waals surface area contributed by atoms with Gasteiger partial charge in [-0.05, 0) is 49.5 Å². The van der Waals surface area contributed by atoms with Crippen LogP contribution < -0.4 is 5.73 Å². The molecule has 21 heavy (non-hydrogen) atoms. The Bertz CT molecular complexity index is 527. The number of benzene rings is 1. The van der Waals surface area contributed by atoms with Gasteiger partial charge in [-0.15, -0.1) is 0 Å². The molecule has 3 nitrogen and oxygen atoms in total. The van der Waals surface area contributed by atoms with Crippen molar-refractivity contribution in [3.05, 3.63) is 35.9 Å². The summed E-state index contributed by atoms with van der Waals surface area (Å²) >= 11 is 0. The van der Waals surface area contributed by atoms with E-state index in [1.807, 2.05) is 30.3 Å². The molecular weight excluding hydrogens is 262 g/mol. The van der Waals surface area contributed by atoms with Crippen molar-refractivity contribution in [2.45, 2.75) is 44.1 Å². The fourth-order valence-corrected chi connectivity index (χ4v) is 3.56. The summed E-state index contributed by atoms with van der Waals surface area (Å²) in [6.07, 6.45) is 10.1. The highest BCUT2D eigenvalue weighted by Gasteiger charge is 2.41. The summed E-state index contributed by atoms with van der Waals surface area (Å²) in [6, 6.07) is 7.57. The molecule has 0 radical (unpaired) electrons. The molecule has 2 fully saturated rings. The molecule has 2 aliphatic rings. The zero-order valence-corrected chi connectivity index (χ0v) is 12.4. The van der Waals surface area contributed by atoms with Gasteiger partial charge in [-0.3, -0.25) is 4.79 Å². The molecule has 1 unspecified atom stereocenters. The second-order valence-electron chi connectivity index (χ2n) is 6.33. The first kappa shape index (κ1) is 14.3. The maximum Gasteiger partial charge on any atom is 0.158 e. The van der Waals surface area contributed by atoms with Crippen molar-refractivity contribution in [3.8, 4) is 0 Å². The summed E-state index contributed by atoms with van der Waals surface area (Å²) in [7, 11) is 0. The molecule has 1 aromatic rings. The van der Waals surface area contributed by atoms with Crippen LogP contribution in [0.3, 0.4) is 0 Å². The van der Waals surface area contributed by atoms with Crippen molar-refractivity contribution in [3.63, 3.8) is 0 Å². The number of ether oxygens (including phenoxy) is 1. The van der Waals surface area contributed by atoms with Crippen LogP contribution in [0.4, 0.5) is 5.69 Å². The highest BCUT2D eigenvalue weighted by molar-refractivity contribution is 5.95. The van der Waals surface area contributed by atoms with Gasteiger partial charge < -0.3 is 10.5 Å². The Kier molecular flexibility index (Phi) is 4.11. The molecule has 1 aromatic carbocycles. The Morgan fingerprint density at radius 3 is 2.67 bits per heavy atom. The number of nitrogens with two attached hydrogens (primary N) is 1. The predicted molar refractivity (Wildman–Crippen MR) is 84.8 cm³/mol. The van der Waals surface area contributed by atoms with Gasteiger partial charge in [0, 0.05) is 18.2 Å². The van der Waals surface area contributed by atoms with Gasteiger partial charge in [0.05, 0.1) is 5.60 Å². The molecule has 3 heteroatoms. The van der Waals surface area contributed by atoms with Crippen LogP contribution in [0.2, 0.25) is 0 Å². The van der Waals surface area contributed by atoms with Crippen LogP contribution in [0.15, 0.2) is 30.3 Å². The zero-order chi connectivity index (χ0) is 14.7. The SMILES string of the molecule is Nc1ccc(/C=C/C(=O)C2CCOC3(CCCC3)C2)cc1. The summed E-state index contributed by atoms with van der Waals surface area (Å²) in [5, 5.41) is 0. The Morgan fingerprint density at radius 2 is 1.95 bits per heavy atom. The van der Waals surface area contributed by atoms with E-state index in [1.54, 1.807) is 6.08 Å². The molecule has 1 heterocycles. The summed E-state index contributed by atoms with van der Waals surface area (Å²) in [5.74, 6) is 0.364. The third kappa shape index (κ3) is 3.35. The van der Waals surface area contributed by atoms with Crippen molar-refractivity contribution in [2.24, 2.45) is 5.92 Å². The number of anilines is 1. The lowest BCUT2D eigenvalue weighted by Crippen LogP contribution is -2.39. The highest BCUT2D eigenvalue weighted by atomic mass is 16.5. The quantitative estimate of drug-likeness (QED) is 0.682. The Labute approximate surface area is 126 Å². The highest BCUT2D eigenvalue weighted by Crippen LogP contribution is 2.42. The summed E-state index contributed by atoms with van der Waals surface area (Å²) in [4.78, 5) is 12.4. The molecule has 1 aliphatic heterocycles. The molecule has 0 bridgehead atoms. The van der Waals surface area contributed by atoms with E-state index in [4.69, 9.17) is 10.5 Å². The average molecular weight is 285 g/mol. The number of carbonyl (C=O) groups is 1. The maximum absolute atomic E-state index is 12.4. The molecule has 3 rings (SSSR count). The summed E-state index contributed by atoms with van der Waals surface area (Å²) in [5.41, 5.74) is 7.42. The minimum absolute atomic E-state index is 0.00755. The largest absolute Gasteiger partial charge is 0.399 e. The summed E-state index contributed by atoms with van der Waals surface area (Å²) < 4.78 is 5.99. The van der Waals surface area contributed by atoms with Gasteiger partial charge in [0.15, 0.2) is 5.78 Å². The van der Waals surface area contributed by atoms with E-state index in [0.717, 1.165) is 43.5 Å². The lowest BCUT2D eigenvalue weighted by Gasteiger charge is -2.37. The molecule has 0 aromatic heterocycles. The lowest BCUT2D eigenvalue weighted by molar-refractivity contribution is -0.132. The third-order valence-electron chi connectivity index (χ3n) is 4.79. The second-order valence-corrected chi connectivity index (χ2v) is 6.33. The molecular formula is C18H23NO2. The minimum Gasteiger partial charge on any atom is -0.399 e. The summed E-state index contributed by atoms with van der Waals surface area (Å²) in [6.45, 7) is 0.728. The molecule has 1 aliphatic carbocycles. The van der Waals surface area contributed by atoms with Crippen LogP contribution in [0.25, 0.3) is 6.08 Å². The minimum atomic E-state index is 0.00755. The number of allylic oxidation sites excluding steroid dienone is 1. The van der Waals surface area contributed by atoms with Crippen molar-refractivity contribution in [2.75, 3.05) is 12.3 Å². The maximum atomic E-state index is 12.4. The fourth-order valence-electron chi connectivity index (χ4n) is 3.56. The third-order valence-corrected chi connectivity index (χ3v) is 4.79. The van der Waals surface area contributed by atoms with Crippen LogP contribution in [0.5, 0.6) is 0 Å². The molecule has 1 saturated carbocycles. The van der Waals surface area contributed by atoms with Crippen LogP contribution in [-0.4, -0.2) is 18.0 Å². The topological polar surface area (TPSA) is 52.3 Å². The first-order valence-corrected chi connectivity index (χ1v) is 7.88. The van der Waals surface area contributed by atoms with E-state index in [9.17, 15) is 4.79 Å². The van der Waals surface area contributed by atoms with Gasteiger partial charge in [0.25, 0.3) is 0 Å². The number of carbonyl (C=O) groups excluding carboxylic acids is 1. The average Bonchev–Trinajstić information content (AvgIpc) is 2.94. The van der Waals surface area contributed by atoms with Crippen LogP contribution in [0.1, 0.15) is 44.1 Å². The normalized spacial score (nSPS) is 24.7. The smallest absolute Gasteiger partial charge is 0.158 e. The predicted octanol–water partition coefficient (Wildman–Crippen LogP) is 3.59. The van der Waals surface area contributed by atoms with Crippen LogP contribution in [-0.2, 0) is 9.53 Å².